The quantitative estimate of drug-likeness (QED) is 0.183. The van der Waals surface area contributed by atoms with Gasteiger partial charge in [0.2, 0.25) is 0 Å². The lowest BCUT2D eigenvalue weighted by atomic mass is 9.93. The fourth-order valence-electron chi connectivity index (χ4n) is 7.28. The number of benzene rings is 7. The van der Waals surface area contributed by atoms with E-state index >= 15 is 0 Å². The van der Waals surface area contributed by atoms with Gasteiger partial charge in [0.05, 0.1) is 46.0 Å². The molecule has 0 aliphatic rings. The molecule has 4 nitrogen and oxygen atoms in total. The lowest BCUT2D eigenvalue weighted by Gasteiger charge is -2.20. The molecule has 0 N–H and O–H groups in total. The van der Waals surface area contributed by atoms with Crippen LogP contribution < -0.4 is 0 Å². The minimum absolute atomic E-state index is 0.589. The van der Waals surface area contributed by atoms with Crippen LogP contribution in [0.4, 0.5) is 5.69 Å². The number of rotatable bonds is 4. The van der Waals surface area contributed by atoms with Gasteiger partial charge in [-0.2, -0.15) is 5.26 Å². The lowest BCUT2D eigenvalue weighted by Crippen LogP contribution is -2.02. The fraction of sp³-hybridized carbons (Fsp3) is 0. The van der Waals surface area contributed by atoms with Crippen molar-refractivity contribution in [1.82, 2.24) is 9.13 Å². The van der Waals surface area contributed by atoms with Crippen molar-refractivity contribution in [2.75, 3.05) is 0 Å². The number of nitriles is 1. The van der Waals surface area contributed by atoms with E-state index in [4.69, 9.17) is 6.57 Å². The van der Waals surface area contributed by atoms with Gasteiger partial charge in [-0.05, 0) is 71.1 Å². The molecule has 2 aromatic heterocycles. The molecule has 0 unspecified atom stereocenters. The van der Waals surface area contributed by atoms with Crippen LogP contribution in [-0.2, 0) is 0 Å². The van der Waals surface area contributed by atoms with E-state index < -0.39 is 0 Å². The average Bonchev–Trinajstić information content (AvgIpc) is 3.67. The monoisotopic (exact) mass is 610 g/mol. The predicted molar refractivity (Wildman–Crippen MR) is 197 cm³/mol. The summed E-state index contributed by atoms with van der Waals surface area (Å²) in [7, 11) is 0. The first-order valence-electron chi connectivity index (χ1n) is 15.9. The first-order chi connectivity index (χ1) is 23.7. The van der Waals surface area contributed by atoms with Crippen molar-refractivity contribution in [2.45, 2.75) is 0 Å². The summed E-state index contributed by atoms with van der Waals surface area (Å²) in [6.45, 7) is 7.70. The second-order valence-corrected chi connectivity index (χ2v) is 12.0. The standard InChI is InChI=1S/C44H26N4/c1-46-32-22-23-43-39(27-32)36-18-7-10-21-42(36)48(43)44-37(30-12-3-2-4-13-30)24-29(28-45)25-38(44)31-14-11-15-33(26-31)47-40-19-8-5-16-34(40)35-17-6-9-20-41(35)47/h2-27H. The molecule has 0 atom stereocenters. The molecule has 0 aliphatic heterocycles. The molecule has 0 amide bonds. The van der Waals surface area contributed by atoms with Crippen molar-refractivity contribution in [1.29, 1.82) is 5.26 Å². The van der Waals surface area contributed by atoms with E-state index in [2.05, 4.69) is 123 Å². The number of aromatic nitrogens is 2. The van der Waals surface area contributed by atoms with Crippen LogP contribution in [0.5, 0.6) is 0 Å². The summed E-state index contributed by atoms with van der Waals surface area (Å²) in [5.41, 5.74) is 11.5. The highest BCUT2D eigenvalue weighted by Gasteiger charge is 2.22. The third-order valence-corrected chi connectivity index (χ3v) is 9.33. The first kappa shape index (κ1) is 27.4. The zero-order chi connectivity index (χ0) is 32.2. The molecule has 0 aliphatic carbocycles. The molecular formula is C44H26N4. The van der Waals surface area contributed by atoms with Gasteiger partial charge < -0.3 is 9.13 Å². The van der Waals surface area contributed by atoms with Gasteiger partial charge in [0.1, 0.15) is 0 Å². The molecule has 0 bridgehead atoms. The number of hydrogen-bond donors (Lipinski definition) is 0. The molecule has 2 heterocycles. The normalized spacial score (nSPS) is 11.3. The summed E-state index contributed by atoms with van der Waals surface area (Å²) in [5.74, 6) is 0. The van der Waals surface area contributed by atoms with Crippen LogP contribution in [0.1, 0.15) is 5.56 Å². The Morgan fingerprint density at radius 3 is 1.67 bits per heavy atom. The molecule has 7 aromatic carbocycles. The van der Waals surface area contributed by atoms with Gasteiger partial charge in [-0.1, -0.05) is 103 Å². The van der Waals surface area contributed by atoms with Crippen LogP contribution in [0.15, 0.2) is 158 Å². The maximum Gasteiger partial charge on any atom is 0.188 e. The minimum atomic E-state index is 0.589. The second-order valence-electron chi connectivity index (χ2n) is 12.0. The Balaban J connectivity index is 1.40. The van der Waals surface area contributed by atoms with E-state index in [1.54, 1.807) is 0 Å². The maximum absolute atomic E-state index is 10.4. The highest BCUT2D eigenvalue weighted by atomic mass is 15.0. The molecule has 4 heteroatoms. The smallest absolute Gasteiger partial charge is 0.188 e. The van der Waals surface area contributed by atoms with Crippen molar-refractivity contribution in [2.24, 2.45) is 0 Å². The lowest BCUT2D eigenvalue weighted by molar-refractivity contribution is 1.17. The Hall–Kier alpha value is -6.88. The summed E-state index contributed by atoms with van der Waals surface area (Å²) in [5, 5.41) is 14.9. The van der Waals surface area contributed by atoms with E-state index in [-0.39, 0.29) is 0 Å². The highest BCUT2D eigenvalue weighted by Crippen LogP contribution is 2.43. The largest absolute Gasteiger partial charge is 0.309 e. The SMILES string of the molecule is [C-]#[N+]c1ccc2c(c1)c1ccccc1n2-c1c(-c2ccccc2)cc(C#N)cc1-c1cccc(-n2c3ccccc3c3ccccc32)c1. The molecule has 0 spiro atoms. The molecule has 48 heavy (non-hydrogen) atoms. The molecule has 0 radical (unpaired) electrons. The molecule has 0 saturated carbocycles. The minimum Gasteiger partial charge on any atom is -0.309 e. The zero-order valence-electron chi connectivity index (χ0n) is 25.8. The van der Waals surface area contributed by atoms with Gasteiger partial charge >= 0.3 is 0 Å². The molecule has 222 valence electrons. The topological polar surface area (TPSA) is 38.0 Å². The Morgan fingerprint density at radius 1 is 0.479 bits per heavy atom. The molecule has 9 rings (SSSR count). The number of para-hydroxylation sites is 3. The Labute approximate surface area is 277 Å². The number of hydrogen-bond acceptors (Lipinski definition) is 1. The highest BCUT2D eigenvalue weighted by molar-refractivity contribution is 6.12. The van der Waals surface area contributed by atoms with Crippen LogP contribution in [-0.4, -0.2) is 9.13 Å². The second kappa shape index (κ2) is 10.9. The van der Waals surface area contributed by atoms with Gasteiger partial charge in [0.15, 0.2) is 5.69 Å². The van der Waals surface area contributed by atoms with Crippen molar-refractivity contribution in [3.63, 3.8) is 0 Å². The van der Waals surface area contributed by atoms with E-state index in [0.717, 1.165) is 66.5 Å². The molecule has 9 aromatic rings. The van der Waals surface area contributed by atoms with Crippen LogP contribution >= 0.6 is 0 Å². The van der Waals surface area contributed by atoms with Gasteiger partial charge in [0, 0.05) is 33.0 Å². The molecule has 0 fully saturated rings. The van der Waals surface area contributed by atoms with Crippen molar-refractivity contribution in [3.8, 4) is 39.7 Å². The van der Waals surface area contributed by atoms with Gasteiger partial charge in [0.25, 0.3) is 0 Å². The van der Waals surface area contributed by atoms with Crippen molar-refractivity contribution < 1.29 is 0 Å². The third-order valence-electron chi connectivity index (χ3n) is 9.33. The van der Waals surface area contributed by atoms with E-state index in [1.807, 2.05) is 54.6 Å². The van der Waals surface area contributed by atoms with Crippen LogP contribution in [0.2, 0.25) is 0 Å². The fourth-order valence-corrected chi connectivity index (χ4v) is 7.28. The number of nitrogens with zero attached hydrogens (tertiary/aromatic N) is 4. The van der Waals surface area contributed by atoms with Crippen LogP contribution in [0, 0.1) is 17.9 Å². The molecular weight excluding hydrogens is 585 g/mol. The summed E-state index contributed by atoms with van der Waals surface area (Å²) >= 11 is 0. The Morgan fingerprint density at radius 2 is 1.02 bits per heavy atom. The van der Waals surface area contributed by atoms with Gasteiger partial charge in [-0.3, -0.25) is 0 Å². The first-order valence-corrected chi connectivity index (χ1v) is 15.9. The van der Waals surface area contributed by atoms with E-state index in [1.165, 1.54) is 10.8 Å². The predicted octanol–water partition coefficient (Wildman–Crippen LogP) is 11.6. The Bertz CT molecular complexity index is 2750. The van der Waals surface area contributed by atoms with Crippen LogP contribution in [0.3, 0.4) is 0 Å². The van der Waals surface area contributed by atoms with Crippen LogP contribution in [0.25, 0.3) is 82.1 Å². The van der Waals surface area contributed by atoms with E-state index in [0.29, 0.717) is 11.3 Å². The van der Waals surface area contributed by atoms with Gasteiger partial charge in [-0.15, -0.1) is 0 Å². The average molecular weight is 611 g/mol. The summed E-state index contributed by atoms with van der Waals surface area (Å²) in [4.78, 5) is 3.74. The van der Waals surface area contributed by atoms with E-state index in [9.17, 15) is 5.26 Å². The van der Waals surface area contributed by atoms with Crippen molar-refractivity contribution in [3.05, 3.63) is 175 Å². The number of fused-ring (bicyclic) bond motifs is 6. The summed E-state index contributed by atoms with van der Waals surface area (Å²) < 4.78 is 4.64. The third kappa shape index (κ3) is 4.14. The maximum atomic E-state index is 10.4. The Kier molecular flexibility index (Phi) is 6.22. The van der Waals surface area contributed by atoms with Crippen molar-refractivity contribution >= 4 is 49.3 Å². The summed E-state index contributed by atoms with van der Waals surface area (Å²) in [6.07, 6.45) is 0. The summed E-state index contributed by atoms with van der Waals surface area (Å²) in [6, 6.07) is 56.7. The van der Waals surface area contributed by atoms with Gasteiger partial charge in [-0.25, -0.2) is 4.85 Å². The molecule has 0 saturated heterocycles. The zero-order valence-corrected chi connectivity index (χ0v) is 25.8.